The van der Waals surface area contributed by atoms with Gasteiger partial charge in [0.1, 0.15) is 0 Å². The van der Waals surface area contributed by atoms with Crippen LogP contribution in [0.15, 0.2) is 18.2 Å². The van der Waals surface area contributed by atoms with E-state index in [4.69, 9.17) is 5.73 Å². The van der Waals surface area contributed by atoms with E-state index in [2.05, 4.69) is 19.2 Å². The van der Waals surface area contributed by atoms with E-state index in [-0.39, 0.29) is 23.4 Å². The average Bonchev–Trinajstić information content (AvgIpc) is 2.40. The van der Waals surface area contributed by atoms with Gasteiger partial charge in [-0.3, -0.25) is 4.79 Å². The molecule has 0 saturated heterocycles. The zero-order valence-corrected chi connectivity index (χ0v) is 11.4. The number of carbonyl (C=O) groups excluding carboxylic acids is 1. The van der Waals surface area contributed by atoms with Gasteiger partial charge in [-0.2, -0.15) is 0 Å². The predicted molar refractivity (Wildman–Crippen MR) is 74.2 cm³/mol. The molecule has 0 aliphatic carbocycles. The third kappa shape index (κ3) is 4.13. The second kappa shape index (κ2) is 6.99. The van der Waals surface area contributed by atoms with Gasteiger partial charge >= 0.3 is 0 Å². The Morgan fingerprint density at radius 1 is 1.26 bits per heavy atom. The highest BCUT2D eigenvalue weighted by molar-refractivity contribution is 5.94. The number of rotatable bonds is 6. The monoisotopic (exact) mass is 266 g/mol. The Kier molecular flexibility index (Phi) is 5.63. The molecule has 0 spiro atoms. The number of nitrogens with one attached hydrogen (secondary N) is 1. The van der Waals surface area contributed by atoms with Crippen molar-refractivity contribution in [2.24, 2.45) is 11.7 Å². The second-order valence-corrected chi connectivity index (χ2v) is 4.65. The first-order valence-electron chi connectivity index (χ1n) is 6.55. The van der Waals surface area contributed by atoms with Crippen molar-refractivity contribution in [2.45, 2.75) is 32.7 Å². The van der Waals surface area contributed by atoms with Crippen molar-refractivity contribution in [3.63, 3.8) is 0 Å². The lowest BCUT2D eigenvalue weighted by molar-refractivity contribution is 0.0947. The molecule has 0 bridgehead atoms. The topological polar surface area (TPSA) is 95.6 Å². The molecule has 0 saturated carbocycles. The summed E-state index contributed by atoms with van der Waals surface area (Å²) in [5.74, 6) is -0.479. The maximum Gasteiger partial charge on any atom is 0.251 e. The molecule has 5 heteroatoms. The number of aromatic hydroxyl groups is 2. The van der Waals surface area contributed by atoms with Gasteiger partial charge in [0.2, 0.25) is 0 Å². The largest absolute Gasteiger partial charge is 0.504 e. The molecule has 106 valence electrons. The van der Waals surface area contributed by atoms with Crippen molar-refractivity contribution in [1.29, 1.82) is 0 Å². The molecule has 19 heavy (non-hydrogen) atoms. The summed E-state index contributed by atoms with van der Waals surface area (Å²) in [6.07, 6.45) is 1.96. The van der Waals surface area contributed by atoms with Crippen molar-refractivity contribution in [3.8, 4) is 11.5 Å². The van der Waals surface area contributed by atoms with E-state index < -0.39 is 0 Å². The zero-order chi connectivity index (χ0) is 14.4. The fraction of sp³-hybridized carbons (Fsp3) is 0.500. The fourth-order valence-electron chi connectivity index (χ4n) is 2.04. The standard InChI is InChI=1S/C14H22N2O3/c1-3-9(4-2)11(15)8-16-14(19)10-5-6-12(17)13(18)7-10/h5-7,9,11,17-18H,3-4,8,15H2,1-2H3,(H,16,19). The summed E-state index contributed by atoms with van der Waals surface area (Å²) < 4.78 is 0. The minimum absolute atomic E-state index is 0.0790. The van der Waals surface area contributed by atoms with E-state index in [1.807, 2.05) is 0 Å². The normalized spacial score (nSPS) is 12.4. The lowest BCUT2D eigenvalue weighted by Gasteiger charge is -2.21. The molecular weight excluding hydrogens is 244 g/mol. The molecule has 5 N–H and O–H groups in total. The molecule has 1 atom stereocenters. The van der Waals surface area contributed by atoms with Gasteiger partial charge in [-0.15, -0.1) is 0 Å². The fourth-order valence-corrected chi connectivity index (χ4v) is 2.04. The molecule has 1 amide bonds. The molecule has 0 radical (unpaired) electrons. The highest BCUT2D eigenvalue weighted by Gasteiger charge is 2.15. The van der Waals surface area contributed by atoms with E-state index in [9.17, 15) is 15.0 Å². The molecule has 0 aliphatic rings. The lowest BCUT2D eigenvalue weighted by atomic mass is 9.95. The number of hydrogen-bond acceptors (Lipinski definition) is 4. The lowest BCUT2D eigenvalue weighted by Crippen LogP contribution is -2.41. The minimum Gasteiger partial charge on any atom is -0.504 e. The molecule has 5 nitrogen and oxygen atoms in total. The first kappa shape index (κ1) is 15.3. The van der Waals surface area contributed by atoms with E-state index >= 15 is 0 Å². The van der Waals surface area contributed by atoms with Crippen LogP contribution in [-0.4, -0.2) is 28.7 Å². The molecule has 1 rings (SSSR count). The summed E-state index contributed by atoms with van der Waals surface area (Å²) in [6, 6.07) is 3.88. The zero-order valence-electron chi connectivity index (χ0n) is 11.4. The first-order valence-corrected chi connectivity index (χ1v) is 6.55. The van der Waals surface area contributed by atoms with Crippen LogP contribution in [0.4, 0.5) is 0 Å². The van der Waals surface area contributed by atoms with Gasteiger partial charge in [0, 0.05) is 18.2 Å². The molecule has 1 unspecified atom stereocenters. The third-order valence-corrected chi connectivity index (χ3v) is 3.39. The van der Waals surface area contributed by atoms with Crippen LogP contribution in [0.2, 0.25) is 0 Å². The van der Waals surface area contributed by atoms with E-state index in [1.54, 1.807) is 0 Å². The van der Waals surface area contributed by atoms with Crippen LogP contribution in [0.1, 0.15) is 37.0 Å². The Morgan fingerprint density at radius 2 is 1.89 bits per heavy atom. The van der Waals surface area contributed by atoms with E-state index in [0.29, 0.717) is 18.0 Å². The summed E-state index contributed by atoms with van der Waals surface area (Å²) >= 11 is 0. The van der Waals surface area contributed by atoms with Crippen molar-refractivity contribution in [1.82, 2.24) is 5.32 Å². The maximum absolute atomic E-state index is 11.9. The molecule has 0 heterocycles. The predicted octanol–water partition coefficient (Wildman–Crippen LogP) is 1.59. The number of hydrogen-bond donors (Lipinski definition) is 4. The maximum atomic E-state index is 11.9. The highest BCUT2D eigenvalue weighted by Crippen LogP contribution is 2.24. The molecule has 0 aromatic heterocycles. The first-order chi connectivity index (χ1) is 8.99. The number of carbonyl (C=O) groups is 1. The number of benzene rings is 1. The van der Waals surface area contributed by atoms with Gasteiger partial charge in [0.05, 0.1) is 0 Å². The number of phenols is 2. The van der Waals surface area contributed by atoms with Crippen molar-refractivity contribution in [3.05, 3.63) is 23.8 Å². The molecule has 1 aromatic rings. The Morgan fingerprint density at radius 3 is 2.42 bits per heavy atom. The smallest absolute Gasteiger partial charge is 0.251 e. The molecule has 0 fully saturated rings. The van der Waals surface area contributed by atoms with Crippen LogP contribution >= 0.6 is 0 Å². The van der Waals surface area contributed by atoms with Crippen LogP contribution < -0.4 is 11.1 Å². The minimum atomic E-state index is -0.309. The number of nitrogens with two attached hydrogens (primary N) is 1. The summed E-state index contributed by atoms with van der Waals surface area (Å²) in [5.41, 5.74) is 6.31. The van der Waals surface area contributed by atoms with Crippen LogP contribution in [0, 0.1) is 5.92 Å². The van der Waals surface area contributed by atoms with Gasteiger partial charge in [0.25, 0.3) is 5.91 Å². The van der Waals surface area contributed by atoms with Crippen LogP contribution in [0.3, 0.4) is 0 Å². The van der Waals surface area contributed by atoms with Gasteiger partial charge in [0.15, 0.2) is 11.5 Å². The summed E-state index contributed by atoms with van der Waals surface area (Å²) in [7, 11) is 0. The van der Waals surface area contributed by atoms with Crippen LogP contribution in [0.25, 0.3) is 0 Å². The number of amides is 1. The number of phenolic OH excluding ortho intramolecular Hbond substituents is 2. The van der Waals surface area contributed by atoms with Crippen LogP contribution in [-0.2, 0) is 0 Å². The van der Waals surface area contributed by atoms with Crippen molar-refractivity contribution in [2.75, 3.05) is 6.54 Å². The Labute approximate surface area is 113 Å². The molecule has 1 aromatic carbocycles. The Balaban J connectivity index is 2.58. The van der Waals surface area contributed by atoms with Gasteiger partial charge in [-0.1, -0.05) is 26.7 Å². The van der Waals surface area contributed by atoms with Crippen molar-refractivity contribution < 1.29 is 15.0 Å². The average molecular weight is 266 g/mol. The Bertz CT molecular complexity index is 431. The molecule has 0 aliphatic heterocycles. The second-order valence-electron chi connectivity index (χ2n) is 4.65. The quantitative estimate of drug-likeness (QED) is 0.588. The van der Waals surface area contributed by atoms with E-state index in [1.165, 1.54) is 18.2 Å². The summed E-state index contributed by atoms with van der Waals surface area (Å²) in [5, 5.41) is 21.3. The SMILES string of the molecule is CCC(CC)C(N)CNC(=O)c1ccc(O)c(O)c1. The van der Waals surface area contributed by atoms with Crippen LogP contribution in [0.5, 0.6) is 11.5 Å². The van der Waals surface area contributed by atoms with E-state index in [0.717, 1.165) is 12.8 Å². The third-order valence-electron chi connectivity index (χ3n) is 3.39. The van der Waals surface area contributed by atoms with Gasteiger partial charge < -0.3 is 21.3 Å². The highest BCUT2D eigenvalue weighted by atomic mass is 16.3. The van der Waals surface area contributed by atoms with Gasteiger partial charge in [-0.05, 0) is 24.1 Å². The molecular formula is C14H22N2O3. The Hall–Kier alpha value is -1.75. The summed E-state index contributed by atoms with van der Waals surface area (Å²) in [4.78, 5) is 11.9. The van der Waals surface area contributed by atoms with Gasteiger partial charge in [-0.25, -0.2) is 0 Å². The summed E-state index contributed by atoms with van der Waals surface area (Å²) in [6.45, 7) is 4.55. The van der Waals surface area contributed by atoms with Crippen molar-refractivity contribution >= 4 is 5.91 Å².